The molecular weight excluding hydrogens is 704 g/mol. The zero-order chi connectivity index (χ0) is 36.4. The molecule has 0 fully saturated rings. The van der Waals surface area contributed by atoms with E-state index >= 15 is 0 Å². The van der Waals surface area contributed by atoms with Gasteiger partial charge in [0.25, 0.3) is 5.91 Å². The Balaban J connectivity index is 0.00000605. The van der Waals surface area contributed by atoms with Crippen LogP contribution in [0.25, 0.3) is 0 Å². The summed E-state index contributed by atoms with van der Waals surface area (Å²) in [5.74, 6) is -0.228. The number of methoxy groups -OCH3 is 1. The lowest BCUT2D eigenvalue weighted by Gasteiger charge is -2.31. The lowest BCUT2D eigenvalue weighted by molar-refractivity contribution is -0.138. The summed E-state index contributed by atoms with van der Waals surface area (Å²) in [6.45, 7) is 8.58. The van der Waals surface area contributed by atoms with Crippen LogP contribution >= 0.6 is 24.0 Å². The van der Waals surface area contributed by atoms with Crippen molar-refractivity contribution in [2.75, 3.05) is 38.3 Å². The summed E-state index contributed by atoms with van der Waals surface area (Å²) in [5.41, 5.74) is 3.27. The molecule has 8 nitrogen and oxygen atoms in total. The van der Waals surface area contributed by atoms with E-state index in [-0.39, 0.29) is 36.7 Å². The van der Waals surface area contributed by atoms with E-state index < -0.39 is 23.9 Å². The van der Waals surface area contributed by atoms with Crippen molar-refractivity contribution in [1.29, 1.82) is 0 Å². The number of nitrogens with zero attached hydrogens (tertiary/aromatic N) is 1. The van der Waals surface area contributed by atoms with E-state index in [1.54, 1.807) is 42.3 Å². The largest absolute Gasteiger partial charge is 0.492 e. The molecule has 0 bridgehead atoms. The first-order chi connectivity index (χ1) is 24.5. The fourth-order valence-corrected chi connectivity index (χ4v) is 6.29. The third-order valence-electron chi connectivity index (χ3n) is 8.53. The topological polar surface area (TPSA) is 89.1 Å². The highest BCUT2D eigenvalue weighted by molar-refractivity contribution is 6.30. The van der Waals surface area contributed by atoms with Crippen LogP contribution in [-0.4, -0.2) is 51.3 Å². The first-order valence-corrected chi connectivity index (χ1v) is 17.7. The first kappa shape index (κ1) is 40.6. The number of ether oxygens (including phenoxy) is 3. The Bertz CT molecular complexity index is 1790. The van der Waals surface area contributed by atoms with Gasteiger partial charge < -0.3 is 29.7 Å². The lowest BCUT2D eigenvalue weighted by Crippen LogP contribution is -2.45. The van der Waals surface area contributed by atoms with Crippen LogP contribution in [0.15, 0.2) is 91.0 Å². The Hall–Kier alpha value is -4.15. The summed E-state index contributed by atoms with van der Waals surface area (Å²) in [6, 6.07) is 27.5. The molecule has 278 valence electrons. The van der Waals surface area contributed by atoms with Crippen molar-refractivity contribution in [2.24, 2.45) is 5.41 Å². The van der Waals surface area contributed by atoms with Gasteiger partial charge >= 0.3 is 0 Å². The molecule has 0 saturated carbocycles. The van der Waals surface area contributed by atoms with Crippen molar-refractivity contribution in [3.8, 4) is 11.5 Å². The van der Waals surface area contributed by atoms with Crippen LogP contribution in [0, 0.1) is 11.2 Å². The molecule has 4 aromatic rings. The summed E-state index contributed by atoms with van der Waals surface area (Å²) in [5, 5.41) is 6.70. The van der Waals surface area contributed by atoms with Crippen molar-refractivity contribution in [2.45, 2.75) is 58.8 Å². The highest BCUT2D eigenvalue weighted by Crippen LogP contribution is 2.45. The van der Waals surface area contributed by atoms with E-state index in [0.29, 0.717) is 52.1 Å². The van der Waals surface area contributed by atoms with Crippen LogP contribution < -0.4 is 25.0 Å². The number of carbonyl (C=O) groups is 2. The lowest BCUT2D eigenvalue weighted by atomic mass is 9.94. The van der Waals surface area contributed by atoms with Crippen molar-refractivity contribution in [3.05, 3.63) is 124 Å². The van der Waals surface area contributed by atoms with Crippen LogP contribution in [0.2, 0.25) is 5.02 Å². The highest BCUT2D eigenvalue weighted by Gasteiger charge is 2.40. The summed E-state index contributed by atoms with van der Waals surface area (Å²) < 4.78 is 33.1. The van der Waals surface area contributed by atoms with E-state index in [1.165, 1.54) is 11.6 Å². The fraction of sp³-hybridized carbons (Fsp3) is 0.366. The average molecular weight is 753 g/mol. The molecule has 0 unspecified atom stereocenters. The molecule has 5 rings (SSSR count). The standard InChI is InChI=1S/C41H47ClFN3O5.ClH/c1-41(2,3)27-46-34-19-18-30(42)24-32(34)38(51-36(40(46)48)25-37(47)45-26-29-14-8-9-16-33(29)43)31-15-10-17-35(39(31)49-4)50-23-11-21-44-22-20-28-12-6-5-7-13-28;/h5-10,12-19,24,36,38,44H,11,20-23,25-27H2,1-4H3,(H,45,47);1H/t36-,38-;/m0./s1. The van der Waals surface area contributed by atoms with E-state index in [9.17, 15) is 14.0 Å². The van der Waals surface area contributed by atoms with Crippen LogP contribution in [0.4, 0.5) is 10.1 Å². The van der Waals surface area contributed by atoms with Crippen molar-refractivity contribution in [3.63, 3.8) is 0 Å². The zero-order valence-electron chi connectivity index (χ0n) is 30.1. The maximum absolute atomic E-state index is 14.3. The van der Waals surface area contributed by atoms with Gasteiger partial charge in [0.15, 0.2) is 11.5 Å². The second-order valence-corrected chi connectivity index (χ2v) is 14.3. The van der Waals surface area contributed by atoms with Crippen LogP contribution in [0.5, 0.6) is 11.5 Å². The minimum atomic E-state index is -1.17. The number of carbonyl (C=O) groups excluding carboxylic acids is 2. The van der Waals surface area contributed by atoms with Gasteiger partial charge in [-0.3, -0.25) is 9.59 Å². The molecule has 0 radical (unpaired) electrons. The van der Waals surface area contributed by atoms with Crippen LogP contribution in [0.1, 0.15) is 62.0 Å². The Morgan fingerprint density at radius 2 is 1.71 bits per heavy atom. The fourth-order valence-electron chi connectivity index (χ4n) is 6.11. The third-order valence-corrected chi connectivity index (χ3v) is 8.76. The molecule has 4 aromatic carbocycles. The van der Waals surface area contributed by atoms with E-state index in [4.69, 9.17) is 25.8 Å². The first-order valence-electron chi connectivity index (χ1n) is 17.3. The molecule has 0 aromatic heterocycles. The zero-order valence-corrected chi connectivity index (χ0v) is 31.7. The van der Waals surface area contributed by atoms with Gasteiger partial charge in [0, 0.05) is 40.5 Å². The van der Waals surface area contributed by atoms with Crippen molar-refractivity contribution < 1.29 is 28.2 Å². The van der Waals surface area contributed by atoms with Crippen LogP contribution in [0.3, 0.4) is 0 Å². The van der Waals surface area contributed by atoms with Crippen molar-refractivity contribution in [1.82, 2.24) is 10.6 Å². The van der Waals surface area contributed by atoms with Gasteiger partial charge in [0.1, 0.15) is 18.0 Å². The number of rotatable bonds is 15. The number of amides is 2. The van der Waals surface area contributed by atoms with Gasteiger partial charge in [-0.2, -0.15) is 0 Å². The molecule has 2 atom stereocenters. The Morgan fingerprint density at radius 1 is 0.962 bits per heavy atom. The third kappa shape index (κ3) is 10.9. The SMILES string of the molecule is COc1c(OCCCNCCc2ccccc2)cccc1[C@@H]1O[C@@H](CC(=O)NCc2ccccc2F)C(=O)N(CC(C)(C)C)c2ccc(Cl)cc21.Cl. The molecule has 11 heteroatoms. The summed E-state index contributed by atoms with van der Waals surface area (Å²) in [4.78, 5) is 29.3. The van der Waals surface area contributed by atoms with Gasteiger partial charge in [0.05, 0.1) is 20.1 Å². The predicted molar refractivity (Wildman–Crippen MR) is 206 cm³/mol. The molecule has 1 heterocycles. The molecule has 0 saturated heterocycles. The number of fused-ring (bicyclic) bond motifs is 1. The average Bonchev–Trinajstić information content (AvgIpc) is 3.21. The molecular formula is C41H48Cl2FN3O5. The predicted octanol–water partition coefficient (Wildman–Crippen LogP) is 8.08. The Kier molecular flexibility index (Phi) is 14.9. The maximum atomic E-state index is 14.3. The quantitative estimate of drug-likeness (QED) is 0.120. The van der Waals surface area contributed by atoms with Gasteiger partial charge in [-0.25, -0.2) is 4.39 Å². The van der Waals surface area contributed by atoms with Gasteiger partial charge in [-0.05, 0) is 67.2 Å². The molecule has 2 amide bonds. The number of para-hydroxylation sites is 1. The van der Waals surface area contributed by atoms with Gasteiger partial charge in [-0.15, -0.1) is 12.4 Å². The normalized spacial score (nSPS) is 15.7. The second-order valence-electron chi connectivity index (χ2n) is 13.8. The number of hydrogen-bond donors (Lipinski definition) is 2. The minimum absolute atomic E-state index is 0. The number of nitrogens with one attached hydrogen (secondary N) is 2. The monoisotopic (exact) mass is 751 g/mol. The molecule has 0 spiro atoms. The highest BCUT2D eigenvalue weighted by atomic mass is 35.5. The van der Waals surface area contributed by atoms with E-state index in [1.807, 2.05) is 63.2 Å². The van der Waals surface area contributed by atoms with E-state index in [0.717, 1.165) is 25.9 Å². The number of benzene rings is 4. The van der Waals surface area contributed by atoms with E-state index in [2.05, 4.69) is 22.8 Å². The van der Waals surface area contributed by atoms with Gasteiger partial charge in [-0.1, -0.05) is 93.0 Å². The van der Waals surface area contributed by atoms with Crippen LogP contribution in [-0.2, 0) is 27.3 Å². The van der Waals surface area contributed by atoms with Crippen molar-refractivity contribution >= 4 is 41.5 Å². The Labute approximate surface area is 317 Å². The molecule has 0 aliphatic carbocycles. The molecule has 1 aliphatic heterocycles. The number of anilines is 1. The molecule has 52 heavy (non-hydrogen) atoms. The molecule has 1 aliphatic rings. The smallest absolute Gasteiger partial charge is 0.256 e. The number of hydrogen-bond acceptors (Lipinski definition) is 6. The number of halogens is 3. The minimum Gasteiger partial charge on any atom is -0.492 e. The summed E-state index contributed by atoms with van der Waals surface area (Å²) in [7, 11) is 1.57. The Morgan fingerprint density at radius 3 is 2.44 bits per heavy atom. The maximum Gasteiger partial charge on any atom is 0.256 e. The summed E-state index contributed by atoms with van der Waals surface area (Å²) in [6.07, 6.45) is -0.549. The summed E-state index contributed by atoms with van der Waals surface area (Å²) >= 11 is 6.58. The second kappa shape index (κ2) is 19.1. The molecule has 2 N–H and O–H groups in total. The van der Waals surface area contributed by atoms with Gasteiger partial charge in [0.2, 0.25) is 5.91 Å².